The first-order chi connectivity index (χ1) is 15.6. The van der Waals surface area contributed by atoms with E-state index in [4.69, 9.17) is 5.73 Å². The monoisotopic (exact) mass is 451 g/mol. The van der Waals surface area contributed by atoms with Crippen LogP contribution in [0.15, 0.2) is 18.2 Å². The number of nitrogens with two attached hydrogens (primary N) is 1. The number of benzene rings is 1. The van der Waals surface area contributed by atoms with Gasteiger partial charge in [0.25, 0.3) is 5.91 Å². The van der Waals surface area contributed by atoms with Crippen molar-refractivity contribution < 1.29 is 14.4 Å². The van der Waals surface area contributed by atoms with Crippen molar-refractivity contribution in [3.63, 3.8) is 0 Å². The van der Waals surface area contributed by atoms with E-state index in [0.717, 1.165) is 37.7 Å². The number of nitrogens with one attached hydrogen (secondary N) is 1. The van der Waals surface area contributed by atoms with E-state index >= 15 is 0 Å². The van der Waals surface area contributed by atoms with Crippen molar-refractivity contribution in [2.75, 3.05) is 0 Å². The molecule has 176 valence electrons. The minimum Gasteiger partial charge on any atom is -0.364 e. The number of nitrogens with zero attached hydrogens (tertiary/aromatic N) is 3. The summed E-state index contributed by atoms with van der Waals surface area (Å²) in [6.07, 6.45) is 5.95. The quantitative estimate of drug-likeness (QED) is 0.728. The first-order valence-electron chi connectivity index (χ1n) is 12.0. The largest absolute Gasteiger partial charge is 0.364 e. The molecule has 33 heavy (non-hydrogen) atoms. The maximum Gasteiger partial charge on any atom is 0.269 e. The number of hydrogen-bond acceptors (Lipinski definition) is 4. The third-order valence-electron chi connectivity index (χ3n) is 7.67. The Morgan fingerprint density at radius 1 is 1.24 bits per heavy atom. The summed E-state index contributed by atoms with van der Waals surface area (Å²) in [6, 6.07) is 5.52. The molecule has 2 heterocycles. The number of amides is 3. The van der Waals surface area contributed by atoms with Crippen LogP contribution < -0.4 is 11.1 Å². The van der Waals surface area contributed by atoms with E-state index < -0.39 is 11.9 Å². The third-order valence-corrected chi connectivity index (χ3v) is 7.67. The number of carbonyl (C=O) groups excluding carboxylic acids is 3. The van der Waals surface area contributed by atoms with Gasteiger partial charge in [0.15, 0.2) is 5.69 Å². The number of aryl methyl sites for hydroxylation is 1. The standard InChI is InChI=1S/C25H33N5O3/c1-14-6-7-18-17(9-14)22(23(26)32)28-29(18)13-21(31)30-19-10-15(19)11-20(30)24(33)27-16-5-4-8-25(2,3)12-16/h6-7,9,15-16,19-20H,4-5,8,10-13H2,1-3H3,(H2,26,32)(H,27,33)/t15-,16-,19-,20+/m1/s1. The van der Waals surface area contributed by atoms with Gasteiger partial charge in [-0.25, -0.2) is 0 Å². The van der Waals surface area contributed by atoms with Gasteiger partial charge >= 0.3 is 0 Å². The lowest BCUT2D eigenvalue weighted by molar-refractivity contribution is -0.140. The van der Waals surface area contributed by atoms with E-state index in [0.29, 0.717) is 16.8 Å². The molecular formula is C25H33N5O3. The highest BCUT2D eigenvalue weighted by Crippen LogP contribution is 2.48. The number of fused-ring (bicyclic) bond motifs is 2. The molecule has 0 spiro atoms. The molecule has 3 aliphatic rings. The van der Waals surface area contributed by atoms with Crippen molar-refractivity contribution in [3.8, 4) is 0 Å². The Morgan fingerprint density at radius 3 is 2.76 bits per heavy atom. The number of aromatic nitrogens is 2. The fraction of sp³-hybridized carbons (Fsp3) is 0.600. The number of rotatable bonds is 5. The van der Waals surface area contributed by atoms with Crippen LogP contribution in [0.2, 0.25) is 0 Å². The van der Waals surface area contributed by atoms with E-state index in [1.54, 1.807) is 9.58 Å². The lowest BCUT2D eigenvalue weighted by Crippen LogP contribution is -2.52. The van der Waals surface area contributed by atoms with Crippen LogP contribution in [0, 0.1) is 18.3 Å². The highest BCUT2D eigenvalue weighted by atomic mass is 16.2. The first-order valence-corrected chi connectivity index (χ1v) is 12.0. The predicted molar refractivity (Wildman–Crippen MR) is 124 cm³/mol. The molecule has 0 bridgehead atoms. The van der Waals surface area contributed by atoms with Gasteiger partial charge in [-0.05, 0) is 62.5 Å². The van der Waals surface area contributed by atoms with Crippen molar-refractivity contribution in [1.29, 1.82) is 0 Å². The van der Waals surface area contributed by atoms with Crippen molar-refractivity contribution in [2.24, 2.45) is 17.1 Å². The number of likely N-dealkylation sites (tertiary alicyclic amines) is 1. The lowest BCUT2D eigenvalue weighted by atomic mass is 9.75. The van der Waals surface area contributed by atoms with Gasteiger partial charge in [0.05, 0.1) is 5.52 Å². The van der Waals surface area contributed by atoms with E-state index in [-0.39, 0.29) is 41.6 Å². The second kappa shape index (κ2) is 7.85. The van der Waals surface area contributed by atoms with Crippen molar-refractivity contribution in [3.05, 3.63) is 29.5 Å². The van der Waals surface area contributed by atoms with Gasteiger partial charge in [-0.2, -0.15) is 5.10 Å². The average molecular weight is 452 g/mol. The van der Waals surface area contributed by atoms with Gasteiger partial charge in [0.1, 0.15) is 12.6 Å². The number of piperidine rings is 1. The van der Waals surface area contributed by atoms with Crippen LogP contribution in [0.5, 0.6) is 0 Å². The SMILES string of the molecule is Cc1ccc2c(c1)c(C(N)=O)nn2CC(=O)N1[C@@H]2C[C@@H]2C[C@H]1C(=O)N[C@@H]1CCCC(C)(C)C1. The van der Waals surface area contributed by atoms with Crippen LogP contribution in [0.3, 0.4) is 0 Å². The topological polar surface area (TPSA) is 110 Å². The molecule has 2 aliphatic carbocycles. The molecule has 2 aromatic rings. The van der Waals surface area contributed by atoms with Gasteiger partial charge in [0, 0.05) is 17.5 Å². The van der Waals surface area contributed by atoms with Gasteiger partial charge in [-0.3, -0.25) is 19.1 Å². The molecule has 1 saturated heterocycles. The number of hydrogen-bond donors (Lipinski definition) is 2. The van der Waals surface area contributed by atoms with Crippen LogP contribution in [0.25, 0.3) is 10.9 Å². The van der Waals surface area contributed by atoms with E-state index in [1.165, 1.54) is 6.42 Å². The summed E-state index contributed by atoms with van der Waals surface area (Å²) in [5, 5.41) is 8.25. The van der Waals surface area contributed by atoms with Gasteiger partial charge < -0.3 is 16.0 Å². The average Bonchev–Trinajstić information content (AvgIpc) is 3.24. The minimum atomic E-state index is -0.618. The Morgan fingerprint density at radius 2 is 2.03 bits per heavy atom. The maximum atomic E-state index is 13.4. The van der Waals surface area contributed by atoms with Crippen LogP contribution in [-0.2, 0) is 16.1 Å². The van der Waals surface area contributed by atoms with Crippen LogP contribution in [0.1, 0.15) is 68.4 Å². The molecule has 3 N–H and O–H groups in total. The fourth-order valence-corrected chi connectivity index (χ4v) is 5.97. The molecule has 2 saturated carbocycles. The predicted octanol–water partition coefficient (Wildman–Crippen LogP) is 2.52. The zero-order chi connectivity index (χ0) is 23.5. The lowest BCUT2D eigenvalue weighted by Gasteiger charge is -2.36. The van der Waals surface area contributed by atoms with Gasteiger partial charge in [0.2, 0.25) is 11.8 Å². The van der Waals surface area contributed by atoms with Gasteiger partial charge in [-0.1, -0.05) is 31.9 Å². The van der Waals surface area contributed by atoms with E-state index in [1.807, 2.05) is 25.1 Å². The number of carbonyl (C=O) groups is 3. The third kappa shape index (κ3) is 4.11. The summed E-state index contributed by atoms with van der Waals surface area (Å²) >= 11 is 0. The summed E-state index contributed by atoms with van der Waals surface area (Å²) in [5.74, 6) is -0.374. The smallest absolute Gasteiger partial charge is 0.269 e. The fourth-order valence-electron chi connectivity index (χ4n) is 5.97. The molecule has 3 amide bonds. The summed E-state index contributed by atoms with van der Waals surface area (Å²) in [7, 11) is 0. The zero-order valence-electron chi connectivity index (χ0n) is 19.6. The molecular weight excluding hydrogens is 418 g/mol. The summed E-state index contributed by atoms with van der Waals surface area (Å²) in [6.45, 7) is 6.42. The Bertz CT molecular complexity index is 1140. The molecule has 5 rings (SSSR count). The highest BCUT2D eigenvalue weighted by Gasteiger charge is 2.56. The molecule has 0 unspecified atom stereocenters. The second-order valence-electron chi connectivity index (χ2n) is 11.0. The molecule has 8 nitrogen and oxygen atoms in total. The minimum absolute atomic E-state index is 0.0176. The van der Waals surface area contributed by atoms with Crippen LogP contribution in [-0.4, -0.2) is 50.5 Å². The Hall–Kier alpha value is -2.90. The number of primary amides is 1. The van der Waals surface area contributed by atoms with Crippen molar-refractivity contribution >= 4 is 28.6 Å². The van der Waals surface area contributed by atoms with Crippen molar-refractivity contribution in [1.82, 2.24) is 20.0 Å². The molecule has 1 aliphatic heterocycles. The molecule has 1 aromatic carbocycles. The molecule has 3 fully saturated rings. The van der Waals surface area contributed by atoms with E-state index in [2.05, 4.69) is 24.3 Å². The van der Waals surface area contributed by atoms with Crippen LogP contribution in [0.4, 0.5) is 0 Å². The van der Waals surface area contributed by atoms with Crippen molar-refractivity contribution in [2.45, 2.75) is 84.0 Å². The van der Waals surface area contributed by atoms with Gasteiger partial charge in [-0.15, -0.1) is 0 Å². The summed E-state index contributed by atoms with van der Waals surface area (Å²) in [5.41, 5.74) is 7.62. The normalized spacial score (nSPS) is 27.9. The molecule has 0 radical (unpaired) electrons. The maximum absolute atomic E-state index is 13.4. The Kier molecular flexibility index (Phi) is 5.21. The van der Waals surface area contributed by atoms with E-state index in [9.17, 15) is 14.4 Å². The summed E-state index contributed by atoms with van der Waals surface area (Å²) in [4.78, 5) is 40.3. The Balaban J connectivity index is 1.34. The second-order valence-corrected chi connectivity index (χ2v) is 11.0. The molecule has 8 heteroatoms. The first kappa shape index (κ1) is 21.9. The molecule has 1 aromatic heterocycles. The summed E-state index contributed by atoms with van der Waals surface area (Å²) < 4.78 is 1.55. The Labute approximate surface area is 193 Å². The molecule has 4 atom stereocenters. The zero-order valence-corrected chi connectivity index (χ0v) is 19.6. The van der Waals surface area contributed by atoms with Crippen LogP contribution >= 0.6 is 0 Å². The highest BCUT2D eigenvalue weighted by molar-refractivity contribution is 6.04.